The Morgan fingerprint density at radius 1 is 0.947 bits per heavy atom. The summed E-state index contributed by atoms with van der Waals surface area (Å²) in [7, 11) is 0. The Morgan fingerprint density at radius 3 is 2.16 bits per heavy atom. The standard InChI is InChI=1S/C30H28N2O5S/c1-5-36-21-11-7-19(8-12-21)26-24(27(33)20-9-13-22(14-10-20)37-6-2)28(34)29(35)32(26)30-31-25-18(4)15-17(3)16-23(25)38-30/h7-16,26,33H,5-6H2,1-4H3/b27-24+. The van der Waals surface area contributed by atoms with E-state index >= 15 is 0 Å². The lowest BCUT2D eigenvalue weighted by Crippen LogP contribution is -2.29. The molecule has 1 amide bonds. The Morgan fingerprint density at radius 2 is 1.55 bits per heavy atom. The molecule has 1 aliphatic heterocycles. The van der Waals surface area contributed by atoms with Gasteiger partial charge in [0.1, 0.15) is 17.3 Å². The number of amides is 1. The average molecular weight is 529 g/mol. The van der Waals surface area contributed by atoms with E-state index in [1.807, 2.05) is 52.0 Å². The second-order valence-corrected chi connectivity index (χ2v) is 10.1. The zero-order valence-corrected chi connectivity index (χ0v) is 22.5. The number of hydrogen-bond donors (Lipinski definition) is 1. The Hall–Kier alpha value is -4.17. The molecule has 8 heteroatoms. The fourth-order valence-corrected chi connectivity index (χ4v) is 5.92. The normalized spacial score (nSPS) is 16.8. The molecular weight excluding hydrogens is 500 g/mol. The van der Waals surface area contributed by atoms with Crippen molar-refractivity contribution in [3.8, 4) is 11.5 Å². The summed E-state index contributed by atoms with van der Waals surface area (Å²) in [5.74, 6) is -0.424. The second-order valence-electron chi connectivity index (χ2n) is 9.05. The first-order valence-electron chi connectivity index (χ1n) is 12.5. The van der Waals surface area contributed by atoms with E-state index in [1.54, 1.807) is 36.4 Å². The van der Waals surface area contributed by atoms with E-state index in [2.05, 4.69) is 0 Å². The molecule has 4 aromatic rings. The molecule has 1 aromatic heterocycles. The predicted molar refractivity (Wildman–Crippen MR) is 149 cm³/mol. The molecule has 7 nitrogen and oxygen atoms in total. The van der Waals surface area contributed by atoms with E-state index in [9.17, 15) is 14.7 Å². The van der Waals surface area contributed by atoms with Crippen molar-refractivity contribution in [3.63, 3.8) is 0 Å². The quantitative estimate of drug-likeness (QED) is 0.171. The Kier molecular flexibility index (Phi) is 6.91. The summed E-state index contributed by atoms with van der Waals surface area (Å²) >= 11 is 1.35. The van der Waals surface area contributed by atoms with Crippen molar-refractivity contribution in [1.82, 2.24) is 4.98 Å². The lowest BCUT2D eigenvalue weighted by atomic mass is 9.95. The van der Waals surface area contributed by atoms with Crippen LogP contribution in [0.3, 0.4) is 0 Å². The minimum Gasteiger partial charge on any atom is -0.507 e. The third-order valence-electron chi connectivity index (χ3n) is 6.41. The highest BCUT2D eigenvalue weighted by atomic mass is 32.1. The summed E-state index contributed by atoms with van der Waals surface area (Å²) < 4.78 is 12.0. The van der Waals surface area contributed by atoms with Gasteiger partial charge in [0.2, 0.25) is 0 Å². The number of benzene rings is 3. The molecule has 5 rings (SSSR count). The van der Waals surface area contributed by atoms with Crippen molar-refractivity contribution >= 4 is 44.1 Å². The van der Waals surface area contributed by atoms with Gasteiger partial charge in [-0.15, -0.1) is 0 Å². The number of nitrogens with zero attached hydrogens (tertiary/aromatic N) is 2. The fourth-order valence-electron chi connectivity index (χ4n) is 4.75. The van der Waals surface area contributed by atoms with Crippen LogP contribution in [0.15, 0.2) is 66.2 Å². The molecule has 2 heterocycles. The number of Topliss-reactive ketones (excluding diaryl/α,β-unsaturated/α-hetero) is 1. The predicted octanol–water partition coefficient (Wildman–Crippen LogP) is 6.34. The number of carbonyl (C=O) groups excluding carboxylic acids is 2. The largest absolute Gasteiger partial charge is 0.507 e. The van der Waals surface area contributed by atoms with Gasteiger partial charge in [-0.1, -0.05) is 29.5 Å². The molecule has 1 fully saturated rings. The minimum atomic E-state index is -0.862. The van der Waals surface area contributed by atoms with Gasteiger partial charge in [0.05, 0.1) is 35.0 Å². The smallest absolute Gasteiger partial charge is 0.301 e. The van der Waals surface area contributed by atoms with Crippen molar-refractivity contribution in [2.75, 3.05) is 18.1 Å². The van der Waals surface area contributed by atoms with E-state index in [1.165, 1.54) is 16.2 Å². The maximum atomic E-state index is 13.5. The summed E-state index contributed by atoms with van der Waals surface area (Å²) in [6.45, 7) is 8.79. The first-order chi connectivity index (χ1) is 18.3. The summed E-state index contributed by atoms with van der Waals surface area (Å²) in [4.78, 5) is 33.2. The van der Waals surface area contributed by atoms with Gasteiger partial charge in [-0.05, 0) is 86.8 Å². The lowest BCUT2D eigenvalue weighted by Gasteiger charge is -2.23. The van der Waals surface area contributed by atoms with E-state index in [0.29, 0.717) is 41.0 Å². The van der Waals surface area contributed by atoms with Crippen LogP contribution in [0.1, 0.15) is 42.1 Å². The first kappa shape index (κ1) is 25.5. The molecule has 1 aliphatic rings. The van der Waals surface area contributed by atoms with Crippen LogP contribution < -0.4 is 14.4 Å². The summed E-state index contributed by atoms with van der Waals surface area (Å²) in [6, 6.07) is 17.2. The van der Waals surface area contributed by atoms with Crippen LogP contribution in [0.4, 0.5) is 5.13 Å². The van der Waals surface area contributed by atoms with E-state index < -0.39 is 17.7 Å². The van der Waals surface area contributed by atoms with Gasteiger partial charge < -0.3 is 14.6 Å². The highest BCUT2D eigenvalue weighted by molar-refractivity contribution is 7.22. The Labute approximate surface area is 225 Å². The zero-order valence-electron chi connectivity index (χ0n) is 21.6. The fraction of sp³-hybridized carbons (Fsp3) is 0.233. The van der Waals surface area contributed by atoms with Gasteiger partial charge in [0.15, 0.2) is 5.13 Å². The number of aliphatic hydroxyl groups excluding tert-OH is 1. The zero-order chi connectivity index (χ0) is 27.0. The van der Waals surface area contributed by atoms with Gasteiger partial charge in [-0.2, -0.15) is 0 Å². The number of fused-ring (bicyclic) bond motifs is 1. The number of thiazole rings is 1. The topological polar surface area (TPSA) is 89.0 Å². The molecule has 38 heavy (non-hydrogen) atoms. The number of rotatable bonds is 7. The number of ether oxygens (including phenoxy) is 2. The second kappa shape index (κ2) is 10.3. The minimum absolute atomic E-state index is 0.00970. The highest BCUT2D eigenvalue weighted by Gasteiger charge is 2.48. The van der Waals surface area contributed by atoms with Crippen molar-refractivity contribution in [3.05, 3.63) is 88.5 Å². The Bertz CT molecular complexity index is 1550. The maximum absolute atomic E-state index is 13.5. The number of aryl methyl sites for hydroxylation is 2. The van der Waals surface area contributed by atoms with Crippen LogP contribution in [-0.2, 0) is 9.59 Å². The maximum Gasteiger partial charge on any atom is 0.301 e. The Balaban J connectivity index is 1.68. The summed E-state index contributed by atoms with van der Waals surface area (Å²) in [5, 5.41) is 11.8. The van der Waals surface area contributed by atoms with Crippen molar-refractivity contribution in [1.29, 1.82) is 0 Å². The summed E-state index contributed by atoms with van der Waals surface area (Å²) in [5.41, 5.74) is 3.95. The number of aromatic nitrogens is 1. The SMILES string of the molecule is CCOc1ccc(/C(O)=C2\C(=O)C(=O)N(c3nc4c(C)cc(C)cc4s3)C2c2ccc(OCC)cc2)cc1. The van der Waals surface area contributed by atoms with Gasteiger partial charge in [0, 0.05) is 5.56 Å². The molecule has 0 radical (unpaired) electrons. The number of carbonyl (C=O) groups is 2. The van der Waals surface area contributed by atoms with E-state index in [0.717, 1.165) is 21.3 Å². The van der Waals surface area contributed by atoms with E-state index in [4.69, 9.17) is 14.5 Å². The first-order valence-corrected chi connectivity index (χ1v) is 13.3. The number of aliphatic hydroxyl groups is 1. The van der Waals surface area contributed by atoms with Gasteiger partial charge in [0.25, 0.3) is 5.78 Å². The molecule has 1 atom stereocenters. The molecule has 1 saturated heterocycles. The van der Waals surface area contributed by atoms with Crippen LogP contribution >= 0.6 is 11.3 Å². The summed E-state index contributed by atoms with van der Waals surface area (Å²) in [6.07, 6.45) is 0. The van der Waals surface area contributed by atoms with Crippen LogP contribution in [0.2, 0.25) is 0 Å². The highest BCUT2D eigenvalue weighted by Crippen LogP contribution is 2.45. The van der Waals surface area contributed by atoms with E-state index in [-0.39, 0.29) is 11.3 Å². The molecule has 0 aliphatic carbocycles. The monoisotopic (exact) mass is 528 g/mol. The van der Waals surface area contributed by atoms with Crippen LogP contribution in [0.25, 0.3) is 16.0 Å². The van der Waals surface area contributed by atoms with Gasteiger partial charge >= 0.3 is 5.91 Å². The van der Waals surface area contributed by atoms with Crippen LogP contribution in [-0.4, -0.2) is 35.0 Å². The average Bonchev–Trinajstić information content (AvgIpc) is 3.43. The number of hydrogen-bond acceptors (Lipinski definition) is 7. The molecule has 0 spiro atoms. The molecule has 0 saturated carbocycles. The van der Waals surface area contributed by atoms with Gasteiger partial charge in [-0.3, -0.25) is 14.5 Å². The number of anilines is 1. The van der Waals surface area contributed by atoms with Crippen molar-refractivity contribution in [2.24, 2.45) is 0 Å². The molecule has 1 N–H and O–H groups in total. The molecule has 1 unspecified atom stereocenters. The van der Waals surface area contributed by atoms with Crippen molar-refractivity contribution in [2.45, 2.75) is 33.7 Å². The van der Waals surface area contributed by atoms with Crippen LogP contribution in [0, 0.1) is 13.8 Å². The lowest BCUT2D eigenvalue weighted by molar-refractivity contribution is -0.132. The molecular formula is C30H28N2O5S. The van der Waals surface area contributed by atoms with Crippen LogP contribution in [0.5, 0.6) is 11.5 Å². The van der Waals surface area contributed by atoms with Crippen molar-refractivity contribution < 1.29 is 24.2 Å². The molecule has 194 valence electrons. The molecule has 3 aromatic carbocycles. The third-order valence-corrected chi connectivity index (χ3v) is 7.42. The third kappa shape index (κ3) is 4.52. The van der Waals surface area contributed by atoms with Gasteiger partial charge in [-0.25, -0.2) is 4.98 Å². The number of ketones is 1. The molecule has 0 bridgehead atoms.